The predicted molar refractivity (Wildman–Crippen MR) is 134 cm³/mol. The molecule has 176 valence electrons. The molecule has 6 heteroatoms. The lowest BCUT2D eigenvalue weighted by Crippen LogP contribution is -2.12. The Bertz CT molecular complexity index is 1380. The number of rotatable bonds is 7. The molecular weight excluding hydrogens is 443 g/mol. The maximum absolute atomic E-state index is 13.9. The van der Waals surface area contributed by atoms with Crippen molar-refractivity contribution in [2.75, 3.05) is 0 Å². The highest BCUT2D eigenvalue weighted by molar-refractivity contribution is 6.01. The number of halogens is 1. The van der Waals surface area contributed by atoms with Crippen molar-refractivity contribution in [3.63, 3.8) is 0 Å². The zero-order valence-corrected chi connectivity index (χ0v) is 19.4. The molecule has 1 atom stereocenters. The van der Waals surface area contributed by atoms with Gasteiger partial charge in [0.2, 0.25) is 0 Å². The summed E-state index contributed by atoms with van der Waals surface area (Å²) in [5, 5.41) is 22.6. The minimum atomic E-state index is -0.963. The number of aromatic nitrogens is 1. The molecule has 1 heterocycles. The first-order chi connectivity index (χ1) is 16.9. The molecule has 0 amide bonds. The standard InChI is InChI=1S/C29H25FN2O3/c1-18-15-25(30)11-12-26(18)27(17-28(32-35)24-13-14-31-19(2)16-24)22-7-3-20(4-8-22)21-5-9-23(10-6-21)29(33)34/h3-16,27,35H,17H2,1-2H3,(H,33,34)/b32-28-. The Morgan fingerprint density at radius 2 is 1.57 bits per heavy atom. The highest BCUT2D eigenvalue weighted by atomic mass is 19.1. The molecule has 35 heavy (non-hydrogen) atoms. The molecule has 0 spiro atoms. The van der Waals surface area contributed by atoms with Gasteiger partial charge in [-0.2, -0.15) is 0 Å². The van der Waals surface area contributed by atoms with Crippen LogP contribution in [0.3, 0.4) is 0 Å². The summed E-state index contributed by atoms with van der Waals surface area (Å²) in [7, 11) is 0. The molecule has 1 aromatic heterocycles. The van der Waals surface area contributed by atoms with Gasteiger partial charge in [0.1, 0.15) is 5.82 Å². The van der Waals surface area contributed by atoms with Crippen molar-refractivity contribution in [3.8, 4) is 11.1 Å². The normalized spacial score (nSPS) is 12.4. The van der Waals surface area contributed by atoms with Gasteiger partial charge in [-0.25, -0.2) is 9.18 Å². The number of hydrogen-bond donors (Lipinski definition) is 2. The van der Waals surface area contributed by atoms with Crippen molar-refractivity contribution in [2.45, 2.75) is 26.2 Å². The number of carboxylic acids is 1. The summed E-state index contributed by atoms with van der Waals surface area (Å²) >= 11 is 0. The van der Waals surface area contributed by atoms with E-state index in [-0.39, 0.29) is 17.3 Å². The Morgan fingerprint density at radius 3 is 2.14 bits per heavy atom. The Labute approximate surface area is 203 Å². The van der Waals surface area contributed by atoms with Gasteiger partial charge in [-0.15, -0.1) is 0 Å². The Hall–Kier alpha value is -4.32. The van der Waals surface area contributed by atoms with Crippen molar-refractivity contribution in [1.82, 2.24) is 4.98 Å². The Kier molecular flexibility index (Phi) is 7.01. The number of benzene rings is 3. The van der Waals surface area contributed by atoms with Crippen LogP contribution in [-0.2, 0) is 0 Å². The number of carboxylic acid groups (broad SMARTS) is 1. The fraction of sp³-hybridized carbons (Fsp3) is 0.138. The summed E-state index contributed by atoms with van der Waals surface area (Å²) in [5.74, 6) is -1.44. The van der Waals surface area contributed by atoms with Crippen LogP contribution < -0.4 is 0 Å². The predicted octanol–water partition coefficient (Wildman–Crippen LogP) is 6.60. The number of pyridine rings is 1. The number of nitrogens with zero attached hydrogens (tertiary/aromatic N) is 2. The largest absolute Gasteiger partial charge is 0.478 e. The number of aromatic carboxylic acids is 1. The molecule has 0 radical (unpaired) electrons. The topological polar surface area (TPSA) is 82.8 Å². The molecule has 0 fully saturated rings. The lowest BCUT2D eigenvalue weighted by Gasteiger charge is -2.21. The van der Waals surface area contributed by atoms with Gasteiger partial charge in [0.15, 0.2) is 0 Å². The lowest BCUT2D eigenvalue weighted by molar-refractivity contribution is 0.0697. The van der Waals surface area contributed by atoms with E-state index in [1.54, 1.807) is 42.6 Å². The van der Waals surface area contributed by atoms with Crippen molar-refractivity contribution < 1.29 is 19.5 Å². The highest BCUT2D eigenvalue weighted by Crippen LogP contribution is 2.33. The number of carbonyl (C=O) groups is 1. The quantitative estimate of drug-likeness (QED) is 0.182. The summed E-state index contributed by atoms with van der Waals surface area (Å²) < 4.78 is 13.9. The first-order valence-electron chi connectivity index (χ1n) is 11.2. The van der Waals surface area contributed by atoms with Crippen LogP contribution in [0, 0.1) is 19.7 Å². The minimum absolute atomic E-state index is 0.182. The number of aryl methyl sites for hydroxylation is 2. The van der Waals surface area contributed by atoms with Crippen LogP contribution in [0.15, 0.2) is 90.2 Å². The molecule has 3 aromatic carbocycles. The zero-order chi connectivity index (χ0) is 24.9. The number of hydrogen-bond acceptors (Lipinski definition) is 4. The Balaban J connectivity index is 1.71. The molecule has 1 unspecified atom stereocenters. The summed E-state index contributed by atoms with van der Waals surface area (Å²) in [6.45, 7) is 3.75. The van der Waals surface area contributed by atoms with Gasteiger partial charge in [-0.1, -0.05) is 47.6 Å². The minimum Gasteiger partial charge on any atom is -0.478 e. The fourth-order valence-electron chi connectivity index (χ4n) is 4.29. The van der Waals surface area contributed by atoms with E-state index in [0.717, 1.165) is 39.1 Å². The fourth-order valence-corrected chi connectivity index (χ4v) is 4.29. The van der Waals surface area contributed by atoms with E-state index in [1.807, 2.05) is 44.2 Å². The monoisotopic (exact) mass is 468 g/mol. The van der Waals surface area contributed by atoms with Crippen LogP contribution in [0.2, 0.25) is 0 Å². The van der Waals surface area contributed by atoms with Crippen molar-refractivity contribution in [1.29, 1.82) is 0 Å². The highest BCUT2D eigenvalue weighted by Gasteiger charge is 2.21. The summed E-state index contributed by atoms with van der Waals surface area (Å²) in [6.07, 6.45) is 2.08. The average Bonchev–Trinajstić information content (AvgIpc) is 2.86. The van der Waals surface area contributed by atoms with Gasteiger partial charge in [0.25, 0.3) is 0 Å². The molecule has 0 aliphatic heterocycles. The van der Waals surface area contributed by atoms with Crippen LogP contribution in [0.1, 0.15) is 50.6 Å². The third-order valence-corrected chi connectivity index (χ3v) is 6.13. The van der Waals surface area contributed by atoms with E-state index in [4.69, 9.17) is 5.11 Å². The van der Waals surface area contributed by atoms with Crippen molar-refractivity contribution in [3.05, 3.63) is 124 Å². The molecule has 0 saturated carbocycles. The van der Waals surface area contributed by atoms with Gasteiger partial charge in [0.05, 0.1) is 11.3 Å². The lowest BCUT2D eigenvalue weighted by atomic mass is 9.83. The van der Waals surface area contributed by atoms with E-state index in [0.29, 0.717) is 12.1 Å². The summed E-state index contributed by atoms with van der Waals surface area (Å²) in [6, 6.07) is 23.1. The summed E-state index contributed by atoms with van der Waals surface area (Å²) in [4.78, 5) is 15.3. The van der Waals surface area contributed by atoms with Crippen LogP contribution >= 0.6 is 0 Å². The van der Waals surface area contributed by atoms with E-state index < -0.39 is 5.97 Å². The smallest absolute Gasteiger partial charge is 0.335 e. The second kappa shape index (κ2) is 10.3. The van der Waals surface area contributed by atoms with Crippen LogP contribution in [-0.4, -0.2) is 27.0 Å². The molecule has 4 rings (SSSR count). The molecule has 5 nitrogen and oxygen atoms in total. The maximum Gasteiger partial charge on any atom is 0.335 e. The van der Waals surface area contributed by atoms with Crippen molar-refractivity contribution >= 4 is 11.7 Å². The van der Waals surface area contributed by atoms with E-state index in [9.17, 15) is 14.4 Å². The molecule has 4 aromatic rings. The van der Waals surface area contributed by atoms with E-state index in [1.165, 1.54) is 12.1 Å². The van der Waals surface area contributed by atoms with Crippen LogP contribution in [0.5, 0.6) is 0 Å². The zero-order valence-electron chi connectivity index (χ0n) is 19.4. The van der Waals surface area contributed by atoms with Gasteiger partial charge in [-0.05, 0) is 78.1 Å². The first kappa shape index (κ1) is 23.8. The van der Waals surface area contributed by atoms with Crippen molar-refractivity contribution in [2.24, 2.45) is 5.16 Å². The third kappa shape index (κ3) is 5.44. The van der Waals surface area contributed by atoms with Gasteiger partial charge >= 0.3 is 5.97 Å². The summed E-state index contributed by atoms with van der Waals surface area (Å²) in [5.41, 5.74) is 6.93. The Morgan fingerprint density at radius 1 is 0.914 bits per heavy atom. The molecule has 0 aliphatic rings. The average molecular weight is 469 g/mol. The molecule has 0 aliphatic carbocycles. The number of oxime groups is 1. The molecule has 0 bridgehead atoms. The van der Waals surface area contributed by atoms with Crippen LogP contribution in [0.4, 0.5) is 4.39 Å². The molecular formula is C29H25FN2O3. The molecule has 0 saturated heterocycles. The maximum atomic E-state index is 13.9. The molecule has 2 N–H and O–H groups in total. The van der Waals surface area contributed by atoms with Gasteiger partial charge in [0, 0.05) is 29.8 Å². The van der Waals surface area contributed by atoms with Crippen LogP contribution in [0.25, 0.3) is 11.1 Å². The second-order valence-corrected chi connectivity index (χ2v) is 8.49. The first-order valence-corrected chi connectivity index (χ1v) is 11.2. The van der Waals surface area contributed by atoms with E-state index >= 15 is 0 Å². The second-order valence-electron chi connectivity index (χ2n) is 8.49. The SMILES string of the molecule is Cc1cc(/C(CC(c2ccc(-c3ccc(C(=O)O)cc3)cc2)c2ccc(F)cc2C)=N\O)ccn1. The van der Waals surface area contributed by atoms with Gasteiger partial charge < -0.3 is 10.3 Å². The third-order valence-electron chi connectivity index (χ3n) is 6.13. The van der Waals surface area contributed by atoms with E-state index in [2.05, 4.69) is 10.1 Å². The van der Waals surface area contributed by atoms with Gasteiger partial charge in [-0.3, -0.25) is 4.98 Å².